The zero-order valence-corrected chi connectivity index (χ0v) is 16.4. The normalized spacial score (nSPS) is 17.0. The molecule has 0 radical (unpaired) electrons. The van der Waals surface area contributed by atoms with Gasteiger partial charge in [-0.2, -0.15) is 0 Å². The van der Waals surface area contributed by atoms with Crippen molar-refractivity contribution in [1.29, 1.82) is 0 Å². The van der Waals surface area contributed by atoms with Crippen LogP contribution >= 0.6 is 0 Å². The van der Waals surface area contributed by atoms with E-state index in [4.69, 9.17) is 9.31 Å². The zero-order valence-electron chi connectivity index (χ0n) is 16.4. The molecule has 0 amide bonds. The van der Waals surface area contributed by atoms with Crippen molar-refractivity contribution in [3.63, 3.8) is 0 Å². The number of rotatable bonds is 4. The van der Waals surface area contributed by atoms with Crippen LogP contribution in [0.15, 0.2) is 121 Å². The van der Waals surface area contributed by atoms with Crippen LogP contribution in [0.5, 0.6) is 0 Å². The molecule has 146 valence electrons. The highest BCUT2D eigenvalue weighted by Gasteiger charge is 2.66. The molecule has 5 rings (SSSR count). The number of hydrogen-bond acceptors (Lipinski definition) is 3. The minimum Gasteiger partial charge on any atom is -0.402 e. The Bertz CT molecular complexity index is 932. The minimum atomic E-state index is -1.40. The molecule has 0 atom stereocenters. The van der Waals surface area contributed by atoms with Crippen LogP contribution in [0.2, 0.25) is 0 Å². The Balaban J connectivity index is 1.93. The summed E-state index contributed by atoms with van der Waals surface area (Å²) in [5.41, 5.74) is 1.41. The molecule has 1 aliphatic rings. The molecule has 3 nitrogen and oxygen atoms in total. The van der Waals surface area contributed by atoms with Gasteiger partial charge in [-0.05, 0) is 22.3 Å². The molecule has 0 spiro atoms. The van der Waals surface area contributed by atoms with E-state index in [-0.39, 0.29) is 0 Å². The lowest BCUT2D eigenvalue weighted by atomic mass is 9.66. The van der Waals surface area contributed by atoms with Gasteiger partial charge in [0.15, 0.2) is 0 Å². The van der Waals surface area contributed by atoms with Gasteiger partial charge in [-0.3, -0.25) is 0 Å². The van der Waals surface area contributed by atoms with Crippen molar-refractivity contribution < 1.29 is 14.3 Å². The molecule has 1 heterocycles. The van der Waals surface area contributed by atoms with Gasteiger partial charge in [0.25, 0.3) is 0 Å². The fourth-order valence-corrected chi connectivity index (χ4v) is 4.60. The summed E-state index contributed by atoms with van der Waals surface area (Å²) in [7, 11) is -1.40. The van der Waals surface area contributed by atoms with Crippen LogP contribution < -0.4 is 0 Å². The maximum absolute atomic E-state index is 10.8. The van der Waals surface area contributed by atoms with Gasteiger partial charge in [0.05, 0.1) is 0 Å². The van der Waals surface area contributed by atoms with Crippen molar-refractivity contribution in [2.45, 2.75) is 11.2 Å². The molecule has 1 N–H and O–H groups in total. The first kappa shape index (κ1) is 18.8. The predicted octanol–water partition coefficient (Wildman–Crippen LogP) is 4.90. The van der Waals surface area contributed by atoms with Gasteiger partial charge in [-0.15, -0.1) is 0 Å². The topological polar surface area (TPSA) is 38.7 Å². The lowest BCUT2D eigenvalue weighted by Gasteiger charge is -2.45. The fraction of sp³-hybridized carbons (Fsp3) is 0.0769. The predicted molar refractivity (Wildman–Crippen MR) is 117 cm³/mol. The van der Waals surface area contributed by atoms with E-state index in [2.05, 4.69) is 0 Å². The molecular weight excluding hydrogens is 371 g/mol. The van der Waals surface area contributed by atoms with Crippen LogP contribution in [0, 0.1) is 0 Å². The molecule has 4 aromatic rings. The summed E-state index contributed by atoms with van der Waals surface area (Å²) in [6.07, 6.45) is 0. The molecule has 1 fully saturated rings. The quantitative estimate of drug-likeness (QED) is 0.503. The van der Waals surface area contributed by atoms with Crippen LogP contribution in [0.3, 0.4) is 0 Å². The van der Waals surface area contributed by atoms with Gasteiger partial charge in [0, 0.05) is 0 Å². The standard InChI is InChI=1S/C26H21BO3/c28-27-29-25(21-13-5-1-6-14-21,22-15-7-2-8-16-22)26(30-27,23-17-9-3-10-18-23)24-19-11-4-12-20-24/h1-20,28H. The maximum atomic E-state index is 10.8. The summed E-state index contributed by atoms with van der Waals surface area (Å²) < 4.78 is 12.8. The van der Waals surface area contributed by atoms with Gasteiger partial charge in [0.2, 0.25) is 0 Å². The van der Waals surface area contributed by atoms with Crippen LogP contribution in [0.1, 0.15) is 22.3 Å². The Morgan fingerprint density at radius 1 is 0.433 bits per heavy atom. The second kappa shape index (κ2) is 7.58. The number of benzene rings is 4. The molecule has 1 aliphatic heterocycles. The molecule has 4 aromatic carbocycles. The first-order valence-corrected chi connectivity index (χ1v) is 10.0. The van der Waals surface area contributed by atoms with E-state index in [0.29, 0.717) is 0 Å². The SMILES string of the molecule is OB1OC(c2ccccc2)(c2ccccc2)C(c2ccccc2)(c2ccccc2)O1. The summed E-state index contributed by atoms with van der Waals surface area (Å²) in [5, 5.41) is 10.8. The third kappa shape index (κ3) is 2.73. The molecule has 4 heteroatoms. The smallest absolute Gasteiger partial charge is 0.402 e. The Morgan fingerprint density at radius 3 is 0.900 bits per heavy atom. The monoisotopic (exact) mass is 392 g/mol. The third-order valence-corrected chi connectivity index (χ3v) is 5.77. The van der Waals surface area contributed by atoms with Crippen molar-refractivity contribution in [1.82, 2.24) is 0 Å². The summed E-state index contributed by atoms with van der Waals surface area (Å²) >= 11 is 0. The summed E-state index contributed by atoms with van der Waals surface area (Å²) in [6, 6.07) is 39.9. The van der Waals surface area contributed by atoms with Crippen molar-refractivity contribution in [3.05, 3.63) is 144 Å². The first-order valence-electron chi connectivity index (χ1n) is 10.0. The van der Waals surface area contributed by atoms with E-state index >= 15 is 0 Å². The van der Waals surface area contributed by atoms with E-state index in [1.165, 1.54) is 0 Å². The zero-order chi connectivity index (χ0) is 20.4. The van der Waals surface area contributed by atoms with Crippen LogP contribution in [-0.2, 0) is 20.5 Å². The highest BCUT2D eigenvalue weighted by Crippen LogP contribution is 2.58. The highest BCUT2D eigenvalue weighted by atomic mass is 16.7. The second-order valence-electron chi connectivity index (χ2n) is 7.37. The molecule has 30 heavy (non-hydrogen) atoms. The van der Waals surface area contributed by atoms with Crippen LogP contribution in [-0.4, -0.2) is 12.3 Å². The van der Waals surface area contributed by atoms with E-state index in [0.717, 1.165) is 22.3 Å². The highest BCUT2D eigenvalue weighted by molar-refractivity contribution is 6.36. The van der Waals surface area contributed by atoms with Gasteiger partial charge in [-0.1, -0.05) is 121 Å². The summed E-state index contributed by atoms with van der Waals surface area (Å²) in [4.78, 5) is 0. The minimum absolute atomic E-state index is 0.903. The Labute approximate surface area is 176 Å². The molecular formula is C26H21BO3. The summed E-state index contributed by atoms with van der Waals surface area (Å²) in [5.74, 6) is 0. The van der Waals surface area contributed by atoms with Crippen molar-refractivity contribution in [3.8, 4) is 0 Å². The second-order valence-corrected chi connectivity index (χ2v) is 7.37. The van der Waals surface area contributed by atoms with Gasteiger partial charge >= 0.3 is 7.32 Å². The number of hydrogen-bond donors (Lipinski definition) is 1. The van der Waals surface area contributed by atoms with Gasteiger partial charge in [0.1, 0.15) is 11.2 Å². The molecule has 0 unspecified atom stereocenters. The average Bonchev–Trinajstić information content (AvgIpc) is 3.16. The first-order chi connectivity index (χ1) is 14.8. The molecule has 0 aromatic heterocycles. The van der Waals surface area contributed by atoms with Gasteiger partial charge in [-0.25, -0.2) is 0 Å². The molecule has 0 aliphatic carbocycles. The Hall–Kier alpha value is -3.18. The van der Waals surface area contributed by atoms with Crippen molar-refractivity contribution in [2.24, 2.45) is 0 Å². The van der Waals surface area contributed by atoms with Crippen molar-refractivity contribution >= 4 is 7.32 Å². The molecule has 0 saturated carbocycles. The Morgan fingerprint density at radius 2 is 0.667 bits per heavy atom. The average molecular weight is 392 g/mol. The summed E-state index contributed by atoms with van der Waals surface area (Å²) in [6.45, 7) is 0. The molecule has 1 saturated heterocycles. The van der Waals surface area contributed by atoms with Gasteiger partial charge < -0.3 is 14.3 Å². The van der Waals surface area contributed by atoms with E-state index in [1.807, 2.05) is 121 Å². The van der Waals surface area contributed by atoms with E-state index < -0.39 is 18.5 Å². The maximum Gasteiger partial charge on any atom is 0.638 e. The van der Waals surface area contributed by atoms with E-state index in [9.17, 15) is 5.02 Å². The third-order valence-electron chi connectivity index (χ3n) is 5.77. The Kier molecular flexibility index (Phi) is 4.76. The van der Waals surface area contributed by atoms with Crippen LogP contribution in [0.25, 0.3) is 0 Å². The van der Waals surface area contributed by atoms with Crippen molar-refractivity contribution in [2.75, 3.05) is 0 Å². The lowest BCUT2D eigenvalue weighted by molar-refractivity contribution is 0.00370. The van der Waals surface area contributed by atoms with E-state index in [1.54, 1.807) is 0 Å². The molecule has 0 bridgehead atoms. The largest absolute Gasteiger partial charge is 0.638 e. The fourth-order valence-electron chi connectivity index (χ4n) is 4.60. The lowest BCUT2D eigenvalue weighted by Crippen LogP contribution is -2.48. The van der Waals surface area contributed by atoms with Crippen LogP contribution in [0.4, 0.5) is 0 Å².